The van der Waals surface area contributed by atoms with Crippen LogP contribution in [0.3, 0.4) is 0 Å². The van der Waals surface area contributed by atoms with Gasteiger partial charge < -0.3 is 9.80 Å². The van der Waals surface area contributed by atoms with Crippen molar-refractivity contribution in [2.45, 2.75) is 44.6 Å². The van der Waals surface area contributed by atoms with E-state index in [-0.39, 0.29) is 0 Å². The third-order valence-corrected chi connectivity index (χ3v) is 4.78. The van der Waals surface area contributed by atoms with Gasteiger partial charge in [-0.1, -0.05) is 13.8 Å². The highest BCUT2D eigenvalue weighted by Crippen LogP contribution is 2.37. The van der Waals surface area contributed by atoms with Crippen LogP contribution in [0, 0.1) is 0 Å². The van der Waals surface area contributed by atoms with Gasteiger partial charge in [0.1, 0.15) is 16.2 Å². The van der Waals surface area contributed by atoms with Crippen molar-refractivity contribution in [2.75, 3.05) is 32.6 Å². The average Bonchev–Trinajstić information content (AvgIpc) is 2.32. The number of aromatic nitrogens is 2. The SMILES string of the molecule is CC(C)c1nc(Br)cc(N(C)CC2(N(C)C)CCC2)n1. The monoisotopic (exact) mass is 340 g/mol. The third-order valence-electron chi connectivity index (χ3n) is 4.37. The van der Waals surface area contributed by atoms with Crippen LogP contribution < -0.4 is 4.90 Å². The van der Waals surface area contributed by atoms with E-state index in [1.54, 1.807) is 0 Å². The fourth-order valence-corrected chi connectivity index (χ4v) is 3.12. The summed E-state index contributed by atoms with van der Waals surface area (Å²) in [6.45, 7) is 5.26. The zero-order valence-electron chi connectivity index (χ0n) is 13.1. The lowest BCUT2D eigenvalue weighted by atomic mass is 9.75. The summed E-state index contributed by atoms with van der Waals surface area (Å²) < 4.78 is 0.866. The minimum atomic E-state index is 0.310. The molecule has 20 heavy (non-hydrogen) atoms. The number of hydrogen-bond donors (Lipinski definition) is 0. The molecule has 0 radical (unpaired) electrons. The van der Waals surface area contributed by atoms with Crippen molar-refractivity contribution in [1.82, 2.24) is 14.9 Å². The lowest BCUT2D eigenvalue weighted by Gasteiger charge is -2.49. The van der Waals surface area contributed by atoms with Crippen molar-refractivity contribution >= 4 is 21.7 Å². The molecule has 4 nitrogen and oxygen atoms in total. The minimum Gasteiger partial charge on any atom is -0.358 e. The van der Waals surface area contributed by atoms with E-state index in [9.17, 15) is 0 Å². The lowest BCUT2D eigenvalue weighted by Crippen LogP contribution is -2.56. The van der Waals surface area contributed by atoms with Crippen LogP contribution in [0.5, 0.6) is 0 Å². The molecule has 112 valence electrons. The van der Waals surface area contributed by atoms with Crippen LogP contribution in [0.15, 0.2) is 10.7 Å². The molecular weight excluding hydrogens is 316 g/mol. The standard InChI is InChI=1S/C15H25BrN4/c1-11(2)14-17-12(16)9-13(18-14)20(5)10-15(19(3)4)7-6-8-15/h9,11H,6-8,10H2,1-5H3. The van der Waals surface area contributed by atoms with E-state index >= 15 is 0 Å². The summed E-state index contributed by atoms with van der Waals surface area (Å²) in [6, 6.07) is 2.01. The van der Waals surface area contributed by atoms with Crippen LogP contribution in [0.1, 0.15) is 44.9 Å². The van der Waals surface area contributed by atoms with Crippen LogP contribution >= 0.6 is 15.9 Å². The zero-order chi connectivity index (χ0) is 14.9. The van der Waals surface area contributed by atoms with E-state index < -0.39 is 0 Å². The van der Waals surface area contributed by atoms with Crippen LogP contribution in [-0.2, 0) is 0 Å². The van der Waals surface area contributed by atoms with Crippen LogP contribution in [0.4, 0.5) is 5.82 Å². The Kier molecular flexibility index (Phi) is 4.69. The predicted molar refractivity (Wildman–Crippen MR) is 87.4 cm³/mol. The smallest absolute Gasteiger partial charge is 0.134 e. The quantitative estimate of drug-likeness (QED) is 0.770. The predicted octanol–water partition coefficient (Wildman–Crippen LogP) is 3.28. The Labute approximate surface area is 130 Å². The number of anilines is 1. The van der Waals surface area contributed by atoms with Crippen LogP contribution in [0.25, 0.3) is 0 Å². The Morgan fingerprint density at radius 3 is 2.35 bits per heavy atom. The molecule has 1 heterocycles. The van der Waals surface area contributed by atoms with Gasteiger partial charge in [-0.25, -0.2) is 9.97 Å². The summed E-state index contributed by atoms with van der Waals surface area (Å²) in [6.07, 6.45) is 3.87. The second kappa shape index (κ2) is 5.98. The molecule has 1 fully saturated rings. The van der Waals surface area contributed by atoms with E-state index in [2.05, 4.69) is 65.7 Å². The highest BCUT2D eigenvalue weighted by molar-refractivity contribution is 9.10. The zero-order valence-corrected chi connectivity index (χ0v) is 14.7. The topological polar surface area (TPSA) is 32.3 Å². The van der Waals surface area contributed by atoms with Gasteiger partial charge in [-0.15, -0.1) is 0 Å². The molecule has 1 saturated carbocycles. The first-order valence-corrected chi connectivity index (χ1v) is 8.06. The highest BCUT2D eigenvalue weighted by Gasteiger charge is 2.40. The normalized spacial score (nSPS) is 17.4. The first-order chi connectivity index (χ1) is 9.34. The molecule has 0 bridgehead atoms. The summed E-state index contributed by atoms with van der Waals surface area (Å²) in [7, 11) is 6.49. The first kappa shape index (κ1) is 15.7. The number of rotatable bonds is 5. The number of nitrogens with zero attached hydrogens (tertiary/aromatic N) is 4. The van der Waals surface area contributed by atoms with Crippen molar-refractivity contribution in [3.8, 4) is 0 Å². The van der Waals surface area contributed by atoms with E-state index in [0.29, 0.717) is 11.5 Å². The second-order valence-electron chi connectivity index (χ2n) is 6.39. The molecule has 0 atom stereocenters. The maximum absolute atomic E-state index is 4.70. The second-order valence-corrected chi connectivity index (χ2v) is 7.20. The van der Waals surface area contributed by atoms with Gasteiger partial charge in [0.05, 0.1) is 0 Å². The molecule has 0 aromatic carbocycles. The molecule has 0 aliphatic heterocycles. The fraction of sp³-hybridized carbons (Fsp3) is 0.733. The Balaban J connectivity index is 2.18. The molecule has 1 aliphatic carbocycles. The Morgan fingerprint density at radius 2 is 1.90 bits per heavy atom. The van der Waals surface area contributed by atoms with Gasteiger partial charge in [-0.05, 0) is 49.3 Å². The summed E-state index contributed by atoms with van der Waals surface area (Å²) in [5.41, 5.74) is 0.310. The minimum absolute atomic E-state index is 0.310. The van der Waals surface area contributed by atoms with Crippen molar-refractivity contribution in [1.29, 1.82) is 0 Å². The number of likely N-dealkylation sites (N-methyl/N-ethyl adjacent to an activating group) is 2. The molecule has 0 spiro atoms. The van der Waals surface area contributed by atoms with Gasteiger partial charge in [0.25, 0.3) is 0 Å². The van der Waals surface area contributed by atoms with Gasteiger partial charge in [0, 0.05) is 31.1 Å². The van der Waals surface area contributed by atoms with Crippen LogP contribution in [0.2, 0.25) is 0 Å². The number of halogens is 1. The molecular formula is C15H25BrN4. The average molecular weight is 341 g/mol. The van der Waals surface area contributed by atoms with E-state index in [1.165, 1.54) is 19.3 Å². The maximum atomic E-state index is 4.70. The largest absolute Gasteiger partial charge is 0.358 e. The molecule has 0 saturated heterocycles. The summed E-state index contributed by atoms with van der Waals surface area (Å²) in [4.78, 5) is 13.8. The molecule has 2 rings (SSSR count). The Bertz CT molecular complexity index is 469. The van der Waals surface area contributed by atoms with Gasteiger partial charge in [-0.2, -0.15) is 0 Å². The van der Waals surface area contributed by atoms with Crippen molar-refractivity contribution in [3.63, 3.8) is 0 Å². The van der Waals surface area contributed by atoms with E-state index in [1.807, 2.05) is 6.07 Å². The molecule has 1 aliphatic rings. The van der Waals surface area contributed by atoms with Crippen molar-refractivity contribution < 1.29 is 0 Å². The first-order valence-electron chi connectivity index (χ1n) is 7.27. The molecule has 0 unspecified atom stereocenters. The highest BCUT2D eigenvalue weighted by atomic mass is 79.9. The molecule has 0 N–H and O–H groups in total. The van der Waals surface area contributed by atoms with E-state index in [0.717, 1.165) is 22.8 Å². The summed E-state index contributed by atoms with van der Waals surface area (Å²) in [5, 5.41) is 0. The molecule has 5 heteroatoms. The van der Waals surface area contributed by atoms with Crippen LogP contribution in [-0.4, -0.2) is 48.1 Å². The Morgan fingerprint density at radius 1 is 1.25 bits per heavy atom. The Hall–Kier alpha value is -0.680. The maximum Gasteiger partial charge on any atom is 0.134 e. The third kappa shape index (κ3) is 3.14. The summed E-state index contributed by atoms with van der Waals surface area (Å²) in [5.74, 6) is 2.24. The van der Waals surface area contributed by atoms with Crippen molar-refractivity contribution in [3.05, 3.63) is 16.5 Å². The summed E-state index contributed by atoms with van der Waals surface area (Å²) >= 11 is 3.50. The van der Waals surface area contributed by atoms with E-state index in [4.69, 9.17) is 4.98 Å². The van der Waals surface area contributed by atoms with Gasteiger partial charge in [-0.3, -0.25) is 0 Å². The molecule has 1 aromatic heterocycles. The lowest BCUT2D eigenvalue weighted by molar-refractivity contribution is 0.0681. The van der Waals surface area contributed by atoms with Gasteiger partial charge >= 0.3 is 0 Å². The van der Waals surface area contributed by atoms with Gasteiger partial charge in [0.15, 0.2) is 0 Å². The molecule has 0 amide bonds. The van der Waals surface area contributed by atoms with Crippen molar-refractivity contribution in [2.24, 2.45) is 0 Å². The fourth-order valence-electron chi connectivity index (χ4n) is 2.73. The molecule has 1 aromatic rings. The van der Waals surface area contributed by atoms with Gasteiger partial charge in [0.2, 0.25) is 0 Å². The number of hydrogen-bond acceptors (Lipinski definition) is 4.